The van der Waals surface area contributed by atoms with E-state index >= 15 is 0 Å². The molecule has 0 atom stereocenters. The monoisotopic (exact) mass is 495 g/mol. The van der Waals surface area contributed by atoms with Crippen molar-refractivity contribution in [3.05, 3.63) is 59.6 Å². The van der Waals surface area contributed by atoms with Crippen LogP contribution in [0.4, 0.5) is 21.3 Å². The van der Waals surface area contributed by atoms with Gasteiger partial charge in [-0.05, 0) is 42.8 Å². The summed E-state index contributed by atoms with van der Waals surface area (Å²) in [5.41, 5.74) is 1.77. The first-order valence-electron chi connectivity index (χ1n) is 10.9. The van der Waals surface area contributed by atoms with Gasteiger partial charge in [0.2, 0.25) is 0 Å². The second-order valence-electron chi connectivity index (χ2n) is 7.75. The minimum Gasteiger partial charge on any atom is -0.493 e. The summed E-state index contributed by atoms with van der Waals surface area (Å²) in [5, 5.41) is 7.07. The van der Waals surface area contributed by atoms with E-state index in [1.54, 1.807) is 65.7 Å². The lowest BCUT2D eigenvalue weighted by Crippen LogP contribution is -2.47. The fourth-order valence-electron chi connectivity index (χ4n) is 3.49. The van der Waals surface area contributed by atoms with E-state index in [1.807, 2.05) is 12.1 Å². The Morgan fingerprint density at radius 2 is 1.74 bits per heavy atom. The molecular weight excluding hydrogens is 470 g/mol. The highest BCUT2D eigenvalue weighted by molar-refractivity contribution is 7.14. The second kappa shape index (κ2) is 10.9. The zero-order chi connectivity index (χ0) is 24.8. The van der Waals surface area contributed by atoms with E-state index in [1.165, 1.54) is 11.3 Å². The number of nitrogens with zero attached hydrogens (tertiary/aromatic N) is 3. The van der Waals surface area contributed by atoms with Gasteiger partial charge in [0.1, 0.15) is 6.61 Å². The minimum absolute atomic E-state index is 0.0662. The number of carbonyl (C=O) groups excluding carboxylic acids is 3. The Kier molecular flexibility index (Phi) is 7.46. The largest absolute Gasteiger partial charge is 0.493 e. The average Bonchev–Trinajstić information content (AvgIpc) is 3.32. The molecule has 11 heteroatoms. The lowest BCUT2D eigenvalue weighted by molar-refractivity contribution is -0.132. The number of ether oxygens (including phenoxy) is 2. The van der Waals surface area contributed by atoms with Crippen LogP contribution >= 0.6 is 11.3 Å². The summed E-state index contributed by atoms with van der Waals surface area (Å²) in [6.45, 7) is 1.55. The number of benzene rings is 2. The summed E-state index contributed by atoms with van der Waals surface area (Å²) in [6.07, 6.45) is 0.881. The molecule has 3 aromatic rings. The second-order valence-corrected chi connectivity index (χ2v) is 8.61. The third-order valence-electron chi connectivity index (χ3n) is 5.29. The van der Waals surface area contributed by atoms with Crippen molar-refractivity contribution in [2.75, 3.05) is 42.8 Å². The van der Waals surface area contributed by atoms with E-state index in [9.17, 15) is 14.4 Å². The third kappa shape index (κ3) is 5.87. The van der Waals surface area contributed by atoms with Gasteiger partial charge >= 0.3 is 17.8 Å². The number of hydrogen-bond acceptors (Lipinski definition) is 7. The van der Waals surface area contributed by atoms with Gasteiger partial charge < -0.3 is 19.7 Å². The zero-order valence-corrected chi connectivity index (χ0v) is 20.1. The van der Waals surface area contributed by atoms with Crippen molar-refractivity contribution in [2.45, 2.75) is 13.0 Å². The molecule has 35 heavy (non-hydrogen) atoms. The van der Waals surface area contributed by atoms with Gasteiger partial charge in [-0.25, -0.2) is 9.78 Å². The van der Waals surface area contributed by atoms with E-state index < -0.39 is 11.8 Å². The number of anilines is 3. The summed E-state index contributed by atoms with van der Waals surface area (Å²) in [5.74, 6) is -0.478. The molecule has 0 spiro atoms. The molecule has 0 radical (unpaired) electrons. The number of thiazole rings is 1. The number of rotatable bonds is 7. The zero-order valence-electron chi connectivity index (χ0n) is 19.3. The Morgan fingerprint density at radius 3 is 2.49 bits per heavy atom. The van der Waals surface area contributed by atoms with Crippen molar-refractivity contribution >= 4 is 45.7 Å². The van der Waals surface area contributed by atoms with Gasteiger partial charge in [0.05, 0.1) is 12.8 Å². The molecule has 2 heterocycles. The van der Waals surface area contributed by atoms with Crippen molar-refractivity contribution in [3.63, 3.8) is 0 Å². The molecule has 1 fully saturated rings. The number of aromatic nitrogens is 1. The molecule has 10 nitrogen and oxygen atoms in total. The van der Waals surface area contributed by atoms with Crippen molar-refractivity contribution in [1.82, 2.24) is 9.88 Å². The molecule has 182 valence electrons. The van der Waals surface area contributed by atoms with Crippen LogP contribution in [-0.4, -0.2) is 55.0 Å². The van der Waals surface area contributed by atoms with Crippen LogP contribution in [0.3, 0.4) is 0 Å². The summed E-state index contributed by atoms with van der Waals surface area (Å²) in [6, 6.07) is 14.0. The van der Waals surface area contributed by atoms with Gasteiger partial charge in [0.15, 0.2) is 16.6 Å². The molecule has 0 saturated carbocycles. The third-order valence-corrected chi connectivity index (χ3v) is 6.10. The van der Waals surface area contributed by atoms with E-state index in [-0.39, 0.29) is 17.8 Å². The number of carbonyl (C=O) groups is 3. The Morgan fingerprint density at radius 1 is 1.03 bits per heavy atom. The molecule has 0 aliphatic carbocycles. The van der Waals surface area contributed by atoms with Gasteiger partial charge in [-0.15, -0.1) is 11.3 Å². The topological polar surface area (TPSA) is 113 Å². The number of para-hydroxylation sites is 2. The Bertz CT molecular complexity index is 1210. The Balaban J connectivity index is 1.29. The van der Waals surface area contributed by atoms with Crippen LogP contribution in [0.5, 0.6) is 11.5 Å². The first kappa shape index (κ1) is 24.0. The predicted molar refractivity (Wildman–Crippen MR) is 133 cm³/mol. The van der Waals surface area contributed by atoms with Crippen molar-refractivity contribution in [3.8, 4) is 11.5 Å². The van der Waals surface area contributed by atoms with E-state index in [4.69, 9.17) is 9.47 Å². The van der Waals surface area contributed by atoms with Gasteiger partial charge in [-0.1, -0.05) is 12.1 Å². The van der Waals surface area contributed by atoms with E-state index in [2.05, 4.69) is 15.6 Å². The number of amides is 4. The molecule has 4 rings (SSSR count). The molecule has 2 aromatic carbocycles. The van der Waals surface area contributed by atoms with Gasteiger partial charge in [-0.3, -0.25) is 19.8 Å². The maximum Gasteiger partial charge on any atom is 0.324 e. The Labute approximate surface area is 206 Å². The number of hydrogen-bond donors (Lipinski definition) is 2. The summed E-state index contributed by atoms with van der Waals surface area (Å²) in [7, 11) is 3.33. The lowest BCUT2D eigenvalue weighted by atomic mass is 10.2. The van der Waals surface area contributed by atoms with Crippen molar-refractivity contribution in [2.24, 2.45) is 0 Å². The number of nitrogens with one attached hydrogen (secondary N) is 2. The van der Waals surface area contributed by atoms with Crippen LogP contribution in [0.1, 0.15) is 12.1 Å². The van der Waals surface area contributed by atoms with Crippen LogP contribution in [0, 0.1) is 0 Å². The molecule has 4 amide bonds. The molecule has 0 unspecified atom stereocenters. The Hall–Kier alpha value is -4.12. The highest BCUT2D eigenvalue weighted by Gasteiger charge is 2.24. The standard InChI is InChI=1S/C24H25N5O5S/c1-28-12-5-13-29(24(28)32)18-10-8-16(9-11-18)25-21(30)22(31)27-23-26-17(15-35-23)14-34-20-7-4-3-6-19(20)33-2/h3-4,6-11,15H,5,12-14H2,1-2H3,(H,25,30)(H,26,27,31). The molecular formula is C24H25N5O5S. The molecule has 1 aliphatic heterocycles. The van der Waals surface area contributed by atoms with Crippen molar-refractivity contribution in [1.29, 1.82) is 0 Å². The smallest absolute Gasteiger partial charge is 0.324 e. The van der Waals surface area contributed by atoms with Crippen LogP contribution < -0.4 is 25.0 Å². The van der Waals surface area contributed by atoms with Crippen molar-refractivity contribution < 1.29 is 23.9 Å². The summed E-state index contributed by atoms with van der Waals surface area (Å²) >= 11 is 1.19. The fourth-order valence-corrected chi connectivity index (χ4v) is 4.18. The lowest BCUT2D eigenvalue weighted by Gasteiger charge is -2.33. The van der Waals surface area contributed by atoms with E-state index in [0.29, 0.717) is 29.4 Å². The number of urea groups is 1. The van der Waals surface area contributed by atoms with Crippen LogP contribution in [-0.2, 0) is 16.2 Å². The minimum atomic E-state index is -0.839. The summed E-state index contributed by atoms with van der Waals surface area (Å²) < 4.78 is 11.0. The highest BCUT2D eigenvalue weighted by Crippen LogP contribution is 2.27. The van der Waals surface area contributed by atoms with Gasteiger partial charge in [-0.2, -0.15) is 0 Å². The van der Waals surface area contributed by atoms with E-state index in [0.717, 1.165) is 18.7 Å². The van der Waals surface area contributed by atoms with Gasteiger partial charge in [0, 0.05) is 36.9 Å². The molecule has 1 saturated heterocycles. The normalized spacial score (nSPS) is 13.4. The maximum atomic E-state index is 12.3. The molecule has 1 aromatic heterocycles. The first-order chi connectivity index (χ1) is 16.9. The van der Waals surface area contributed by atoms with Crippen LogP contribution in [0.2, 0.25) is 0 Å². The SMILES string of the molecule is COc1ccccc1OCc1csc(NC(=O)C(=O)Nc2ccc(N3CCCN(C)C3=O)cc2)n1. The average molecular weight is 496 g/mol. The number of methoxy groups -OCH3 is 1. The van der Waals surface area contributed by atoms with Crippen LogP contribution in [0.25, 0.3) is 0 Å². The fraction of sp³-hybridized carbons (Fsp3) is 0.250. The van der Waals surface area contributed by atoms with Crippen LogP contribution in [0.15, 0.2) is 53.9 Å². The quantitative estimate of drug-likeness (QED) is 0.485. The molecule has 0 bridgehead atoms. The predicted octanol–water partition coefficient (Wildman–Crippen LogP) is 3.57. The molecule has 1 aliphatic rings. The summed E-state index contributed by atoms with van der Waals surface area (Å²) in [4.78, 5) is 44.6. The first-order valence-corrected chi connectivity index (χ1v) is 11.8. The highest BCUT2D eigenvalue weighted by atomic mass is 32.1. The maximum absolute atomic E-state index is 12.3. The molecule has 2 N–H and O–H groups in total. The van der Waals surface area contributed by atoms with Gasteiger partial charge in [0.25, 0.3) is 0 Å².